The number of carboxylic acid groups (broad SMARTS) is 1. The zero-order valence-corrected chi connectivity index (χ0v) is 21.3. The van der Waals surface area contributed by atoms with Crippen LogP contribution in [-0.4, -0.2) is 38.6 Å². The van der Waals surface area contributed by atoms with E-state index in [1.807, 2.05) is 30.3 Å². The lowest BCUT2D eigenvalue weighted by Crippen LogP contribution is -2.35. The maximum Gasteiger partial charge on any atom is 0.337 e. The third-order valence-corrected chi connectivity index (χ3v) is 7.24. The third-order valence-electron chi connectivity index (χ3n) is 7.24. The van der Waals surface area contributed by atoms with Crippen LogP contribution in [0.5, 0.6) is 0 Å². The Labute approximate surface area is 223 Å². The summed E-state index contributed by atoms with van der Waals surface area (Å²) in [6.07, 6.45) is 4.88. The maximum absolute atomic E-state index is 14.6. The Morgan fingerprint density at radius 3 is 2.41 bits per heavy atom. The van der Waals surface area contributed by atoms with Gasteiger partial charge in [-0.25, -0.2) is 23.5 Å². The molecule has 39 heavy (non-hydrogen) atoms. The predicted octanol–water partition coefficient (Wildman–Crippen LogP) is 5.90. The molecule has 1 saturated carbocycles. The van der Waals surface area contributed by atoms with Crippen LogP contribution < -0.4 is 5.32 Å². The molecule has 2 aromatic carbocycles. The fourth-order valence-corrected chi connectivity index (χ4v) is 5.39. The first-order chi connectivity index (χ1) is 18.9. The second-order valence-electron chi connectivity index (χ2n) is 9.69. The van der Waals surface area contributed by atoms with Crippen molar-refractivity contribution in [2.45, 2.75) is 44.2 Å². The number of amides is 1. The second kappa shape index (κ2) is 11.3. The second-order valence-corrected chi connectivity index (χ2v) is 9.69. The Morgan fingerprint density at radius 2 is 1.77 bits per heavy atom. The molecule has 0 saturated heterocycles. The number of fused-ring (bicyclic) bond motifs is 1. The first-order valence-electron chi connectivity index (χ1n) is 12.8. The van der Waals surface area contributed by atoms with Crippen LogP contribution in [0.15, 0.2) is 60.8 Å². The van der Waals surface area contributed by atoms with Crippen LogP contribution >= 0.6 is 0 Å². The lowest BCUT2D eigenvalue weighted by atomic mass is 9.83. The van der Waals surface area contributed by atoms with Crippen LogP contribution in [0, 0.1) is 17.6 Å². The zero-order valence-electron chi connectivity index (χ0n) is 21.3. The average molecular weight is 535 g/mol. The largest absolute Gasteiger partial charge is 0.478 e. The molecular formula is C29H28F2N4O4. The Balaban J connectivity index is 1.66. The summed E-state index contributed by atoms with van der Waals surface area (Å²) >= 11 is 0. The number of rotatable bonds is 8. The van der Waals surface area contributed by atoms with E-state index in [4.69, 9.17) is 4.74 Å². The van der Waals surface area contributed by atoms with E-state index in [0.717, 1.165) is 49.8 Å². The molecule has 8 nitrogen and oxygen atoms in total. The number of methoxy groups -OCH3 is 1. The Morgan fingerprint density at radius 1 is 1.05 bits per heavy atom. The number of carbonyl (C=O) groups is 2. The highest BCUT2D eigenvalue weighted by Crippen LogP contribution is 2.39. The molecule has 1 aliphatic carbocycles. The van der Waals surface area contributed by atoms with Gasteiger partial charge in [0.2, 0.25) is 5.91 Å². The summed E-state index contributed by atoms with van der Waals surface area (Å²) in [6, 6.07) is 13.3. The summed E-state index contributed by atoms with van der Waals surface area (Å²) in [4.78, 5) is 34.0. The van der Waals surface area contributed by atoms with Crippen molar-refractivity contribution in [3.8, 4) is 0 Å². The molecule has 0 spiro atoms. The van der Waals surface area contributed by atoms with Crippen molar-refractivity contribution >= 4 is 28.7 Å². The van der Waals surface area contributed by atoms with Crippen molar-refractivity contribution in [1.29, 1.82) is 0 Å². The molecule has 0 unspecified atom stereocenters. The maximum atomic E-state index is 14.6. The van der Waals surface area contributed by atoms with Crippen LogP contribution in [-0.2, 0) is 9.53 Å². The van der Waals surface area contributed by atoms with E-state index >= 15 is 0 Å². The number of carboxylic acids is 1. The van der Waals surface area contributed by atoms with Gasteiger partial charge in [-0.2, -0.15) is 0 Å². The average Bonchev–Trinajstić information content (AvgIpc) is 3.28. The number of aromatic nitrogens is 3. The molecule has 5 rings (SSSR count). The number of benzene rings is 2. The molecule has 2 N–H and O–H groups in total. The van der Waals surface area contributed by atoms with Crippen LogP contribution in [0.3, 0.4) is 0 Å². The zero-order chi connectivity index (χ0) is 27.5. The summed E-state index contributed by atoms with van der Waals surface area (Å²) in [5.74, 6) is -3.20. The summed E-state index contributed by atoms with van der Waals surface area (Å²) in [6.45, 7) is 0. The number of anilines is 1. The van der Waals surface area contributed by atoms with Crippen LogP contribution in [0.25, 0.3) is 11.0 Å². The van der Waals surface area contributed by atoms with Gasteiger partial charge in [-0.3, -0.25) is 4.79 Å². The van der Waals surface area contributed by atoms with Crippen LogP contribution in [0.2, 0.25) is 0 Å². The normalized spacial score (nSPS) is 15.7. The highest BCUT2D eigenvalue weighted by atomic mass is 19.2. The highest BCUT2D eigenvalue weighted by Gasteiger charge is 2.36. The number of aromatic carboxylic acids is 1. The minimum absolute atomic E-state index is 0.0111. The third kappa shape index (κ3) is 5.37. The van der Waals surface area contributed by atoms with Crippen LogP contribution in [0.4, 0.5) is 14.6 Å². The van der Waals surface area contributed by atoms with Gasteiger partial charge in [0, 0.05) is 25.4 Å². The van der Waals surface area contributed by atoms with Crippen molar-refractivity contribution in [1.82, 2.24) is 14.5 Å². The minimum atomic E-state index is -1.13. The van der Waals surface area contributed by atoms with Gasteiger partial charge in [-0.05, 0) is 36.5 Å². The van der Waals surface area contributed by atoms with Crippen molar-refractivity contribution < 1.29 is 28.2 Å². The number of hydrogen-bond donors (Lipinski definition) is 2. The van der Waals surface area contributed by atoms with Gasteiger partial charge in [-0.15, -0.1) is 0 Å². The van der Waals surface area contributed by atoms with Gasteiger partial charge in [0.05, 0.1) is 16.6 Å². The Hall–Kier alpha value is -4.18. The number of carbonyl (C=O) groups excluding carboxylic acids is 1. The predicted molar refractivity (Wildman–Crippen MR) is 140 cm³/mol. The summed E-state index contributed by atoms with van der Waals surface area (Å²) < 4.78 is 36.4. The highest BCUT2D eigenvalue weighted by molar-refractivity contribution is 5.95. The number of hydrogen-bond acceptors (Lipinski definition) is 5. The minimum Gasteiger partial charge on any atom is -0.478 e. The molecule has 0 aliphatic heterocycles. The fourth-order valence-electron chi connectivity index (χ4n) is 5.39. The quantitative estimate of drug-likeness (QED) is 0.291. The number of nitrogens with zero attached hydrogens (tertiary/aromatic N) is 3. The first kappa shape index (κ1) is 26.4. The molecule has 1 fully saturated rings. The van der Waals surface area contributed by atoms with Gasteiger partial charge in [-0.1, -0.05) is 49.6 Å². The number of ether oxygens (including phenoxy) is 1. The first-order valence-corrected chi connectivity index (χ1v) is 12.8. The Kier molecular flexibility index (Phi) is 7.65. The molecular weight excluding hydrogens is 506 g/mol. The van der Waals surface area contributed by atoms with E-state index in [1.54, 1.807) is 4.57 Å². The number of halogens is 2. The van der Waals surface area contributed by atoms with E-state index in [-0.39, 0.29) is 28.3 Å². The van der Waals surface area contributed by atoms with Gasteiger partial charge in [0.1, 0.15) is 23.8 Å². The molecule has 0 bridgehead atoms. The summed E-state index contributed by atoms with van der Waals surface area (Å²) in [7, 11) is 1.52. The molecule has 202 valence electrons. The van der Waals surface area contributed by atoms with Gasteiger partial charge >= 0.3 is 5.97 Å². The molecule has 2 atom stereocenters. The smallest absolute Gasteiger partial charge is 0.337 e. The van der Waals surface area contributed by atoms with E-state index < -0.39 is 35.7 Å². The van der Waals surface area contributed by atoms with Gasteiger partial charge in [0.15, 0.2) is 11.6 Å². The SMILES string of the molecule is CO[C@@H](c1ccccc1)c1nc2cc(F)c(F)cc2n1[C@H](C(=O)Nc1ccc(C(=O)O)cn1)C1CCCCC1. The van der Waals surface area contributed by atoms with E-state index in [0.29, 0.717) is 5.82 Å². The Bertz CT molecular complexity index is 1480. The molecule has 2 aromatic heterocycles. The monoisotopic (exact) mass is 534 g/mol. The van der Waals surface area contributed by atoms with Gasteiger partial charge in [0.25, 0.3) is 0 Å². The van der Waals surface area contributed by atoms with Crippen molar-refractivity contribution in [3.63, 3.8) is 0 Å². The number of nitrogens with one attached hydrogen (secondary N) is 1. The molecule has 0 radical (unpaired) electrons. The molecule has 1 amide bonds. The van der Waals surface area contributed by atoms with Crippen molar-refractivity contribution in [3.05, 3.63) is 89.4 Å². The van der Waals surface area contributed by atoms with E-state index in [1.165, 1.54) is 25.4 Å². The molecule has 2 heterocycles. The number of pyridine rings is 1. The lowest BCUT2D eigenvalue weighted by Gasteiger charge is -2.32. The summed E-state index contributed by atoms with van der Waals surface area (Å²) in [5, 5.41) is 12.0. The van der Waals surface area contributed by atoms with Gasteiger partial charge < -0.3 is 19.7 Å². The summed E-state index contributed by atoms with van der Waals surface area (Å²) in [5.41, 5.74) is 1.25. The van der Waals surface area contributed by atoms with Crippen molar-refractivity contribution in [2.75, 3.05) is 12.4 Å². The van der Waals surface area contributed by atoms with Crippen molar-refractivity contribution in [2.24, 2.45) is 5.92 Å². The molecule has 4 aromatic rings. The fraction of sp³-hybridized carbons (Fsp3) is 0.310. The van der Waals surface area contributed by atoms with E-state index in [2.05, 4.69) is 15.3 Å². The lowest BCUT2D eigenvalue weighted by molar-refractivity contribution is -0.121. The number of imidazole rings is 1. The van der Waals surface area contributed by atoms with E-state index in [9.17, 15) is 23.5 Å². The standard InChI is InChI=1S/C29H28F2N4O4/c1-39-26(18-10-6-3-7-11-18)27-33-22-14-20(30)21(31)15-23(22)35(27)25(17-8-4-2-5-9-17)28(36)34-24-13-12-19(16-32-24)29(37)38/h3,6-7,10-17,25-26H,2,4-5,8-9H2,1H3,(H,37,38)(H,32,34,36)/t25-,26-/m0/s1. The molecule has 10 heteroatoms. The van der Waals surface area contributed by atoms with Crippen LogP contribution in [0.1, 0.15) is 66.0 Å². The topological polar surface area (TPSA) is 106 Å². The molecule has 1 aliphatic rings.